The van der Waals surface area contributed by atoms with Gasteiger partial charge in [0.25, 0.3) is 5.91 Å². The van der Waals surface area contributed by atoms with Crippen molar-refractivity contribution in [1.82, 2.24) is 9.80 Å². The molecule has 0 spiro atoms. The van der Waals surface area contributed by atoms with Gasteiger partial charge in [-0.05, 0) is 69.9 Å². The number of Topliss-reactive ketones (excluding diaryl/α,β-unsaturated/α-hetero) is 1. The normalized spacial score (nSPS) is 15.7. The number of ketones is 1. The van der Waals surface area contributed by atoms with Crippen molar-refractivity contribution in [2.45, 2.75) is 19.4 Å². The Balaban J connectivity index is 1.84. The van der Waals surface area contributed by atoms with Crippen LogP contribution in [0.1, 0.15) is 34.1 Å². The van der Waals surface area contributed by atoms with Crippen LogP contribution in [0.5, 0.6) is 17.2 Å². The van der Waals surface area contributed by atoms with Gasteiger partial charge >= 0.3 is 0 Å². The summed E-state index contributed by atoms with van der Waals surface area (Å²) in [5, 5.41) is 11.8. The van der Waals surface area contributed by atoms with Gasteiger partial charge in [0.05, 0.1) is 32.9 Å². The van der Waals surface area contributed by atoms with E-state index in [0.717, 1.165) is 17.5 Å². The maximum absolute atomic E-state index is 13.8. The molecular formula is C28H32N2O7. The molecule has 0 fully saturated rings. The fourth-order valence-electron chi connectivity index (χ4n) is 4.69. The first-order valence-corrected chi connectivity index (χ1v) is 11.9. The highest BCUT2D eigenvalue weighted by molar-refractivity contribution is 6.16. The summed E-state index contributed by atoms with van der Waals surface area (Å²) in [5.41, 5.74) is 2.05. The molecule has 0 saturated carbocycles. The summed E-state index contributed by atoms with van der Waals surface area (Å²) < 4.78 is 22.3. The minimum atomic E-state index is -0.884. The summed E-state index contributed by atoms with van der Waals surface area (Å²) in [7, 11) is 8.36. The van der Waals surface area contributed by atoms with E-state index in [1.807, 2.05) is 38.1 Å². The Morgan fingerprint density at radius 1 is 1.05 bits per heavy atom. The first-order chi connectivity index (χ1) is 17.7. The summed E-state index contributed by atoms with van der Waals surface area (Å²) in [6.45, 7) is 2.99. The number of nitrogens with zero attached hydrogens (tertiary/aromatic N) is 2. The number of benzene rings is 2. The quantitative estimate of drug-likeness (QED) is 0.405. The number of ether oxygens (including phenoxy) is 3. The number of hydrogen-bond donors (Lipinski definition) is 1. The first kappa shape index (κ1) is 26.1. The topological polar surface area (TPSA) is 102 Å². The third-order valence-corrected chi connectivity index (χ3v) is 6.45. The summed E-state index contributed by atoms with van der Waals surface area (Å²) in [6.07, 6.45) is 0.637. The summed E-state index contributed by atoms with van der Waals surface area (Å²) >= 11 is 0. The molecule has 37 heavy (non-hydrogen) atoms. The number of aliphatic hydroxyl groups excluding tert-OH is 1. The Kier molecular flexibility index (Phi) is 7.45. The number of hydrogen-bond acceptors (Lipinski definition) is 8. The second kappa shape index (κ2) is 10.6. The first-order valence-electron chi connectivity index (χ1n) is 11.9. The number of aryl methyl sites for hydroxylation is 1. The molecule has 1 aliphatic rings. The van der Waals surface area contributed by atoms with Gasteiger partial charge in [0.2, 0.25) is 11.5 Å². The van der Waals surface area contributed by atoms with Crippen LogP contribution in [0.15, 0.2) is 52.1 Å². The third kappa shape index (κ3) is 4.86. The molecule has 4 rings (SSSR count). The Labute approximate surface area is 215 Å². The highest BCUT2D eigenvalue weighted by Crippen LogP contribution is 2.45. The van der Waals surface area contributed by atoms with Crippen LogP contribution in [-0.4, -0.2) is 75.1 Å². The molecule has 1 atom stereocenters. The van der Waals surface area contributed by atoms with E-state index < -0.39 is 23.5 Å². The van der Waals surface area contributed by atoms with E-state index in [2.05, 4.69) is 0 Å². The zero-order chi connectivity index (χ0) is 26.9. The minimum absolute atomic E-state index is 0.0440. The molecule has 1 amide bonds. The molecule has 0 aliphatic carbocycles. The van der Waals surface area contributed by atoms with Crippen molar-refractivity contribution < 1.29 is 33.3 Å². The molecule has 0 radical (unpaired) electrons. The molecule has 2 aromatic carbocycles. The molecule has 9 heteroatoms. The molecule has 196 valence electrons. The van der Waals surface area contributed by atoms with E-state index in [1.165, 1.54) is 26.2 Å². The van der Waals surface area contributed by atoms with Crippen LogP contribution < -0.4 is 14.2 Å². The lowest BCUT2D eigenvalue weighted by Gasteiger charge is -2.28. The van der Waals surface area contributed by atoms with Gasteiger partial charge in [-0.25, -0.2) is 0 Å². The molecule has 0 saturated heterocycles. The molecular weight excluding hydrogens is 476 g/mol. The van der Waals surface area contributed by atoms with Crippen molar-refractivity contribution >= 4 is 22.7 Å². The zero-order valence-electron chi connectivity index (χ0n) is 22.0. The number of furan rings is 1. The average Bonchev–Trinajstić information content (AvgIpc) is 3.41. The van der Waals surface area contributed by atoms with Gasteiger partial charge in [-0.2, -0.15) is 0 Å². The van der Waals surface area contributed by atoms with E-state index in [9.17, 15) is 14.7 Å². The van der Waals surface area contributed by atoms with E-state index in [-0.39, 0.29) is 11.3 Å². The van der Waals surface area contributed by atoms with Gasteiger partial charge in [-0.15, -0.1) is 0 Å². The Bertz CT molecular complexity index is 1350. The largest absolute Gasteiger partial charge is 0.503 e. The zero-order valence-corrected chi connectivity index (χ0v) is 22.0. The van der Waals surface area contributed by atoms with Gasteiger partial charge in [0.1, 0.15) is 5.58 Å². The fourth-order valence-corrected chi connectivity index (χ4v) is 4.69. The fraction of sp³-hybridized carbons (Fsp3) is 0.357. The van der Waals surface area contributed by atoms with E-state index >= 15 is 0 Å². The Hall–Kier alpha value is -3.98. The van der Waals surface area contributed by atoms with Crippen LogP contribution in [0.4, 0.5) is 0 Å². The van der Waals surface area contributed by atoms with Crippen LogP contribution in [-0.2, 0) is 4.79 Å². The predicted octanol–water partition coefficient (Wildman–Crippen LogP) is 4.30. The van der Waals surface area contributed by atoms with Crippen LogP contribution in [0.3, 0.4) is 0 Å². The van der Waals surface area contributed by atoms with Crippen molar-refractivity contribution in [3.8, 4) is 17.2 Å². The Morgan fingerprint density at radius 2 is 1.73 bits per heavy atom. The number of fused-ring (bicyclic) bond motifs is 1. The molecule has 1 N–H and O–H groups in total. The molecule has 0 bridgehead atoms. The summed E-state index contributed by atoms with van der Waals surface area (Å²) in [5.74, 6) is -0.606. The average molecular weight is 509 g/mol. The van der Waals surface area contributed by atoms with Crippen LogP contribution in [0.2, 0.25) is 0 Å². The van der Waals surface area contributed by atoms with Crippen LogP contribution in [0.25, 0.3) is 11.0 Å². The minimum Gasteiger partial charge on any atom is -0.503 e. The predicted molar refractivity (Wildman–Crippen MR) is 139 cm³/mol. The smallest absolute Gasteiger partial charge is 0.290 e. The second-order valence-electron chi connectivity index (χ2n) is 9.26. The number of methoxy groups -OCH3 is 3. The second-order valence-corrected chi connectivity index (χ2v) is 9.26. The van der Waals surface area contributed by atoms with Gasteiger partial charge in [-0.1, -0.05) is 11.6 Å². The van der Waals surface area contributed by atoms with Crippen LogP contribution in [0, 0.1) is 6.92 Å². The molecule has 1 unspecified atom stereocenters. The monoisotopic (exact) mass is 508 g/mol. The SMILES string of the molecule is COc1cc(C2C(C(=O)c3cc4cc(C)ccc4o3)=C(O)C(=O)N2CCCN(C)C)cc(OC)c1OC. The number of carbonyl (C=O) groups excluding carboxylic acids is 2. The maximum atomic E-state index is 13.8. The van der Waals surface area contributed by atoms with Gasteiger partial charge in [0, 0.05) is 11.9 Å². The van der Waals surface area contributed by atoms with Crippen LogP contribution >= 0.6 is 0 Å². The van der Waals surface area contributed by atoms with E-state index in [4.69, 9.17) is 18.6 Å². The van der Waals surface area contributed by atoms with E-state index in [0.29, 0.717) is 41.4 Å². The summed E-state index contributed by atoms with van der Waals surface area (Å²) in [6, 6.07) is 9.72. The van der Waals surface area contributed by atoms with Gasteiger partial charge in [-0.3, -0.25) is 9.59 Å². The van der Waals surface area contributed by atoms with Crippen molar-refractivity contribution in [2.24, 2.45) is 0 Å². The standard InChI is InChI=1S/C28H32N2O7/c1-16-8-9-19-17(12-16)13-20(37-19)25(31)23-24(30(28(33)26(23)32)11-7-10-29(2)3)18-14-21(34-4)27(36-6)22(15-18)35-5/h8-9,12-15,24,32H,7,10-11H2,1-6H3. The lowest BCUT2D eigenvalue weighted by atomic mass is 9.94. The van der Waals surface area contributed by atoms with Gasteiger partial charge in [0.15, 0.2) is 23.0 Å². The van der Waals surface area contributed by atoms with Crippen molar-refractivity contribution in [1.29, 1.82) is 0 Å². The van der Waals surface area contributed by atoms with Crippen molar-refractivity contribution in [3.63, 3.8) is 0 Å². The third-order valence-electron chi connectivity index (χ3n) is 6.45. The summed E-state index contributed by atoms with van der Waals surface area (Å²) in [4.78, 5) is 30.6. The van der Waals surface area contributed by atoms with Crippen molar-refractivity contribution in [3.05, 3.63) is 64.6 Å². The number of rotatable bonds is 10. The maximum Gasteiger partial charge on any atom is 0.290 e. The number of carbonyl (C=O) groups is 2. The lowest BCUT2D eigenvalue weighted by Crippen LogP contribution is -2.33. The molecule has 1 aromatic heterocycles. The highest BCUT2D eigenvalue weighted by atomic mass is 16.5. The van der Waals surface area contributed by atoms with E-state index in [1.54, 1.807) is 24.3 Å². The number of aliphatic hydroxyl groups is 1. The number of amides is 1. The highest BCUT2D eigenvalue weighted by Gasteiger charge is 2.45. The van der Waals surface area contributed by atoms with Gasteiger partial charge < -0.3 is 33.5 Å². The molecule has 3 aromatic rings. The molecule has 1 aliphatic heterocycles. The van der Waals surface area contributed by atoms with Crippen molar-refractivity contribution in [2.75, 3.05) is 48.5 Å². The Morgan fingerprint density at radius 3 is 2.32 bits per heavy atom. The molecule has 2 heterocycles. The molecule has 9 nitrogen and oxygen atoms in total. The lowest BCUT2D eigenvalue weighted by molar-refractivity contribution is -0.129.